The minimum atomic E-state index is 0.661. The average molecular weight is 431 g/mol. The molecule has 0 spiro atoms. The van der Waals surface area contributed by atoms with Gasteiger partial charge in [-0.05, 0) is 23.3 Å². The van der Waals surface area contributed by atoms with E-state index in [9.17, 15) is 0 Å². The van der Waals surface area contributed by atoms with E-state index in [2.05, 4.69) is 77.4 Å². The molecule has 152 valence electrons. The largest absolute Gasteiger partial charge is 0.292 e. The quantitative estimate of drug-likeness (QED) is 0.277. The zero-order valence-electron chi connectivity index (χ0n) is 17.2. The smallest absolute Gasteiger partial charge is 0.157 e. The number of fused-ring (bicyclic) bond motifs is 2. The van der Waals surface area contributed by atoms with Crippen molar-refractivity contribution in [2.75, 3.05) is 0 Å². The Labute approximate surface area is 191 Å². The lowest BCUT2D eigenvalue weighted by atomic mass is 9.98. The second-order valence-electron chi connectivity index (χ2n) is 7.77. The maximum absolute atomic E-state index is 6.98. The maximum atomic E-state index is 6.98. The summed E-state index contributed by atoms with van der Waals surface area (Å²) in [6.07, 6.45) is 0. The van der Waals surface area contributed by atoms with E-state index in [1.165, 1.54) is 16.5 Å². The zero-order chi connectivity index (χ0) is 21.5. The molecule has 3 heteroatoms. The minimum Gasteiger partial charge on any atom is -0.292 e. The van der Waals surface area contributed by atoms with Crippen LogP contribution in [-0.4, -0.2) is 9.55 Å². The summed E-state index contributed by atoms with van der Waals surface area (Å²) in [5, 5.41) is 1.83. The fourth-order valence-electron chi connectivity index (χ4n) is 4.48. The molecule has 0 saturated carbocycles. The maximum Gasteiger partial charge on any atom is 0.157 e. The minimum absolute atomic E-state index is 0.661. The standard InChI is InChI=1S/C29H19ClN2/c30-27-22-16-8-3-9-18-24(22)31-29(27)32-25-19-11-10-17-23(25)26(20-12-4-1-5-13-20)28(32)21-14-6-2-7-15-21/h1-19H. The van der Waals surface area contributed by atoms with Crippen LogP contribution in [0.5, 0.6) is 0 Å². The summed E-state index contributed by atoms with van der Waals surface area (Å²) in [7, 11) is 0. The van der Waals surface area contributed by atoms with E-state index in [4.69, 9.17) is 16.6 Å². The van der Waals surface area contributed by atoms with Crippen LogP contribution in [0.15, 0.2) is 115 Å². The van der Waals surface area contributed by atoms with E-state index >= 15 is 0 Å². The number of halogens is 1. The van der Waals surface area contributed by atoms with Crippen molar-refractivity contribution in [3.63, 3.8) is 0 Å². The molecule has 3 aromatic carbocycles. The number of hydrogen-bond donors (Lipinski definition) is 0. The first-order chi connectivity index (χ1) is 15.8. The van der Waals surface area contributed by atoms with Crippen LogP contribution in [-0.2, 0) is 0 Å². The molecule has 2 nitrogen and oxygen atoms in total. The van der Waals surface area contributed by atoms with Crippen LogP contribution in [0, 0.1) is 0 Å². The van der Waals surface area contributed by atoms with Crippen molar-refractivity contribution < 1.29 is 0 Å². The number of para-hydroxylation sites is 1. The molecule has 1 aliphatic heterocycles. The highest BCUT2D eigenvalue weighted by atomic mass is 35.5. The van der Waals surface area contributed by atoms with Gasteiger partial charge in [0.1, 0.15) is 0 Å². The van der Waals surface area contributed by atoms with Crippen molar-refractivity contribution in [2.24, 2.45) is 0 Å². The van der Waals surface area contributed by atoms with Gasteiger partial charge >= 0.3 is 0 Å². The molecule has 0 amide bonds. The Hall–Kier alpha value is -3.88. The summed E-state index contributed by atoms with van der Waals surface area (Å²) in [5.74, 6) is 0.755. The molecular weight excluding hydrogens is 412 g/mol. The molecule has 1 aliphatic carbocycles. The summed E-state index contributed by atoms with van der Waals surface area (Å²) in [5.41, 5.74) is 7.47. The molecule has 0 unspecified atom stereocenters. The van der Waals surface area contributed by atoms with E-state index in [1.54, 1.807) is 0 Å². The third-order valence-corrected chi connectivity index (χ3v) is 6.24. The van der Waals surface area contributed by atoms with Crippen molar-refractivity contribution in [1.82, 2.24) is 9.55 Å². The Morgan fingerprint density at radius 3 is 1.94 bits per heavy atom. The second kappa shape index (κ2) is 7.67. The van der Waals surface area contributed by atoms with Gasteiger partial charge in [0, 0.05) is 16.5 Å². The Morgan fingerprint density at radius 2 is 1.19 bits per heavy atom. The van der Waals surface area contributed by atoms with E-state index in [0.717, 1.165) is 33.8 Å². The van der Waals surface area contributed by atoms with Crippen molar-refractivity contribution in [3.8, 4) is 39.5 Å². The van der Waals surface area contributed by atoms with Gasteiger partial charge in [0.2, 0.25) is 0 Å². The number of nitrogens with zero attached hydrogens (tertiary/aromatic N) is 2. The highest BCUT2D eigenvalue weighted by Crippen LogP contribution is 2.45. The lowest BCUT2D eigenvalue weighted by molar-refractivity contribution is 1.08. The topological polar surface area (TPSA) is 17.8 Å². The molecule has 0 bridgehead atoms. The average Bonchev–Trinajstić information content (AvgIpc) is 3.23. The number of hydrogen-bond acceptors (Lipinski definition) is 1. The summed E-state index contributed by atoms with van der Waals surface area (Å²) in [6.45, 7) is 0. The van der Waals surface area contributed by atoms with Crippen LogP contribution in [0.3, 0.4) is 0 Å². The summed E-state index contributed by atoms with van der Waals surface area (Å²) < 4.78 is 2.22. The van der Waals surface area contributed by atoms with Crippen molar-refractivity contribution in [3.05, 3.63) is 120 Å². The van der Waals surface area contributed by atoms with Gasteiger partial charge in [0.05, 0.1) is 21.9 Å². The second-order valence-corrected chi connectivity index (χ2v) is 8.15. The first-order valence-electron chi connectivity index (χ1n) is 10.6. The lowest BCUT2D eigenvalue weighted by Crippen LogP contribution is -1.98. The van der Waals surface area contributed by atoms with Gasteiger partial charge in [-0.3, -0.25) is 4.57 Å². The molecule has 0 atom stereocenters. The van der Waals surface area contributed by atoms with Crippen LogP contribution in [0.25, 0.3) is 50.4 Å². The van der Waals surface area contributed by atoms with Gasteiger partial charge < -0.3 is 0 Å². The predicted octanol–water partition coefficient (Wildman–Crippen LogP) is 8.12. The zero-order valence-corrected chi connectivity index (χ0v) is 18.0. The monoisotopic (exact) mass is 430 g/mol. The Morgan fingerprint density at radius 1 is 0.594 bits per heavy atom. The third kappa shape index (κ3) is 2.92. The summed E-state index contributed by atoms with van der Waals surface area (Å²) >= 11 is 6.98. The molecule has 0 N–H and O–H groups in total. The van der Waals surface area contributed by atoms with Crippen LogP contribution < -0.4 is 0 Å². The molecule has 32 heavy (non-hydrogen) atoms. The van der Waals surface area contributed by atoms with Crippen LogP contribution in [0.1, 0.15) is 0 Å². The van der Waals surface area contributed by atoms with E-state index in [-0.39, 0.29) is 0 Å². The van der Waals surface area contributed by atoms with Gasteiger partial charge in [-0.25, -0.2) is 4.98 Å². The fraction of sp³-hybridized carbons (Fsp3) is 0. The molecule has 2 heterocycles. The normalized spacial score (nSPS) is 11.3. The molecule has 4 aromatic rings. The van der Waals surface area contributed by atoms with Gasteiger partial charge in [0.25, 0.3) is 0 Å². The number of benzene rings is 3. The van der Waals surface area contributed by atoms with Crippen molar-refractivity contribution in [1.29, 1.82) is 0 Å². The van der Waals surface area contributed by atoms with Gasteiger partial charge in [0.15, 0.2) is 5.82 Å². The number of aromatic nitrogens is 2. The van der Waals surface area contributed by atoms with Crippen LogP contribution >= 0.6 is 11.6 Å². The van der Waals surface area contributed by atoms with Crippen LogP contribution in [0.2, 0.25) is 5.02 Å². The molecular formula is C29H19ClN2. The van der Waals surface area contributed by atoms with Gasteiger partial charge in [-0.1, -0.05) is 115 Å². The highest BCUT2D eigenvalue weighted by molar-refractivity contribution is 6.35. The Bertz CT molecular complexity index is 1520. The SMILES string of the molecule is Clc1c2cccccc-2nc1-n1c(-c2ccccc2)c(-c2ccccc2)c2ccccc21. The number of rotatable bonds is 3. The molecule has 0 fully saturated rings. The first kappa shape index (κ1) is 18.9. The first-order valence-corrected chi connectivity index (χ1v) is 11.0. The summed E-state index contributed by atoms with van der Waals surface area (Å²) in [4.78, 5) is 5.00. The highest BCUT2D eigenvalue weighted by Gasteiger charge is 2.25. The van der Waals surface area contributed by atoms with E-state index in [1.807, 2.05) is 42.5 Å². The lowest BCUT2D eigenvalue weighted by Gasteiger charge is -2.12. The van der Waals surface area contributed by atoms with Crippen molar-refractivity contribution in [2.45, 2.75) is 0 Å². The predicted molar refractivity (Wildman–Crippen MR) is 134 cm³/mol. The third-order valence-electron chi connectivity index (χ3n) is 5.87. The Balaban J connectivity index is 1.80. The molecule has 1 aromatic heterocycles. The molecule has 6 rings (SSSR count). The molecule has 2 aliphatic rings. The van der Waals surface area contributed by atoms with E-state index in [0.29, 0.717) is 5.02 Å². The van der Waals surface area contributed by atoms with E-state index < -0.39 is 0 Å². The summed E-state index contributed by atoms with van der Waals surface area (Å²) in [6, 6.07) is 39.5. The van der Waals surface area contributed by atoms with Gasteiger partial charge in [-0.15, -0.1) is 0 Å². The Kier molecular flexibility index (Phi) is 4.52. The molecule has 0 radical (unpaired) electrons. The van der Waals surface area contributed by atoms with Crippen molar-refractivity contribution >= 4 is 22.5 Å². The molecule has 0 saturated heterocycles. The van der Waals surface area contributed by atoms with Gasteiger partial charge in [-0.2, -0.15) is 0 Å². The van der Waals surface area contributed by atoms with Crippen LogP contribution in [0.4, 0.5) is 0 Å². The fourth-order valence-corrected chi connectivity index (χ4v) is 4.77.